The molecule has 0 spiro atoms. The molecule has 0 aliphatic heterocycles. The third-order valence-corrected chi connectivity index (χ3v) is 7.68. The number of benzene rings is 1. The molecule has 0 bridgehead atoms. The Labute approximate surface area is 189 Å². The van der Waals surface area contributed by atoms with E-state index < -0.39 is 5.25 Å². The van der Waals surface area contributed by atoms with Gasteiger partial charge in [0, 0.05) is 10.3 Å². The molecule has 1 aromatic carbocycles. The highest BCUT2D eigenvalue weighted by atomic mass is 32.2. The van der Waals surface area contributed by atoms with Crippen LogP contribution < -0.4 is 5.32 Å². The zero-order valence-corrected chi connectivity index (χ0v) is 19.4. The molecular weight excluding hydrogens is 430 g/mol. The number of nitrogens with zero attached hydrogens (tertiary/aromatic N) is 2. The van der Waals surface area contributed by atoms with E-state index >= 15 is 0 Å². The summed E-state index contributed by atoms with van der Waals surface area (Å²) in [6.07, 6.45) is 4.33. The summed E-state index contributed by atoms with van der Waals surface area (Å²) >= 11 is 2.89. The molecule has 0 saturated carbocycles. The predicted octanol–water partition coefficient (Wildman–Crippen LogP) is 5.11. The van der Waals surface area contributed by atoms with Gasteiger partial charge in [0.1, 0.15) is 16.4 Å². The Morgan fingerprint density at radius 1 is 1.32 bits per heavy atom. The molecule has 2 aromatic heterocycles. The maximum Gasteiger partial charge on any atom is 0.341 e. The van der Waals surface area contributed by atoms with Crippen LogP contribution in [0.4, 0.5) is 5.00 Å². The molecule has 2 heterocycles. The third kappa shape index (κ3) is 4.60. The predicted molar refractivity (Wildman–Crippen MR) is 125 cm³/mol. The van der Waals surface area contributed by atoms with Crippen molar-refractivity contribution in [3.8, 4) is 0 Å². The van der Waals surface area contributed by atoms with Crippen molar-refractivity contribution in [2.75, 3.05) is 11.9 Å². The fraction of sp³-hybridized carbons (Fsp3) is 0.391. The molecule has 0 radical (unpaired) electrons. The van der Waals surface area contributed by atoms with Gasteiger partial charge in [0.2, 0.25) is 5.91 Å². The van der Waals surface area contributed by atoms with Crippen molar-refractivity contribution in [2.45, 2.75) is 50.3 Å². The van der Waals surface area contributed by atoms with E-state index in [2.05, 4.69) is 22.2 Å². The van der Waals surface area contributed by atoms with Crippen LogP contribution in [0.25, 0.3) is 10.9 Å². The first-order chi connectivity index (χ1) is 15.0. The molecule has 2 unspecified atom stereocenters. The maximum atomic E-state index is 13.0. The SMILES string of the molecule is CCOC(=O)c1c(NC(=O)C(C)Sc2ncnc3ccccc23)sc2c1CCC(C)C2. The normalized spacial score (nSPS) is 16.5. The highest BCUT2D eigenvalue weighted by molar-refractivity contribution is 8.00. The first-order valence-corrected chi connectivity index (χ1v) is 12.2. The molecule has 0 fully saturated rings. The molecule has 1 aliphatic carbocycles. The Kier molecular flexibility index (Phi) is 6.57. The van der Waals surface area contributed by atoms with Crippen molar-refractivity contribution in [3.05, 3.63) is 46.6 Å². The lowest BCUT2D eigenvalue weighted by atomic mass is 9.88. The number of anilines is 1. The van der Waals surface area contributed by atoms with Gasteiger partial charge in [-0.25, -0.2) is 14.8 Å². The molecule has 4 rings (SSSR count). The first kappa shape index (κ1) is 21.8. The minimum Gasteiger partial charge on any atom is -0.462 e. The summed E-state index contributed by atoms with van der Waals surface area (Å²) in [7, 11) is 0. The number of esters is 1. The number of ether oxygens (including phenoxy) is 1. The smallest absolute Gasteiger partial charge is 0.341 e. The Morgan fingerprint density at radius 2 is 2.13 bits per heavy atom. The van der Waals surface area contributed by atoms with E-state index in [0.29, 0.717) is 23.1 Å². The number of thiophene rings is 1. The van der Waals surface area contributed by atoms with E-state index in [4.69, 9.17) is 4.74 Å². The van der Waals surface area contributed by atoms with Crippen molar-refractivity contribution >= 4 is 50.9 Å². The highest BCUT2D eigenvalue weighted by Crippen LogP contribution is 2.40. The molecule has 31 heavy (non-hydrogen) atoms. The summed E-state index contributed by atoms with van der Waals surface area (Å²) in [5, 5.41) is 4.89. The Morgan fingerprint density at radius 3 is 2.94 bits per heavy atom. The number of carbonyl (C=O) groups is 2. The molecule has 1 amide bonds. The van der Waals surface area contributed by atoms with Crippen molar-refractivity contribution in [3.63, 3.8) is 0 Å². The Hall–Kier alpha value is -2.45. The second-order valence-electron chi connectivity index (χ2n) is 7.72. The van der Waals surface area contributed by atoms with Crippen molar-refractivity contribution in [1.29, 1.82) is 0 Å². The fourth-order valence-corrected chi connectivity index (χ4v) is 6.08. The van der Waals surface area contributed by atoms with Crippen LogP contribution in [0.15, 0.2) is 35.6 Å². The van der Waals surface area contributed by atoms with Crippen LogP contribution in [0.5, 0.6) is 0 Å². The van der Waals surface area contributed by atoms with Gasteiger partial charge in [-0.1, -0.05) is 36.9 Å². The Bertz CT molecular complexity index is 1120. The van der Waals surface area contributed by atoms with Gasteiger partial charge in [-0.2, -0.15) is 0 Å². The van der Waals surface area contributed by atoms with Crippen LogP contribution in [0.3, 0.4) is 0 Å². The summed E-state index contributed by atoms with van der Waals surface area (Å²) in [4.78, 5) is 35.5. The topological polar surface area (TPSA) is 81.2 Å². The maximum absolute atomic E-state index is 13.0. The van der Waals surface area contributed by atoms with E-state index in [1.54, 1.807) is 6.92 Å². The van der Waals surface area contributed by atoms with Gasteiger partial charge >= 0.3 is 5.97 Å². The molecular formula is C23H25N3O3S2. The van der Waals surface area contributed by atoms with Gasteiger partial charge in [0.25, 0.3) is 0 Å². The molecule has 162 valence electrons. The summed E-state index contributed by atoms with van der Waals surface area (Å²) in [5.41, 5.74) is 2.42. The fourth-order valence-electron chi connectivity index (χ4n) is 3.77. The molecule has 3 aromatic rings. The number of aromatic nitrogens is 2. The van der Waals surface area contributed by atoms with E-state index in [-0.39, 0.29) is 11.9 Å². The number of fused-ring (bicyclic) bond motifs is 2. The summed E-state index contributed by atoms with van der Waals surface area (Å²) < 4.78 is 5.30. The van der Waals surface area contributed by atoms with E-state index in [0.717, 1.165) is 40.8 Å². The average molecular weight is 456 g/mol. The number of rotatable bonds is 6. The second kappa shape index (κ2) is 9.36. The summed E-state index contributed by atoms with van der Waals surface area (Å²) in [6.45, 7) is 6.16. The van der Waals surface area contributed by atoms with Crippen LogP contribution >= 0.6 is 23.1 Å². The van der Waals surface area contributed by atoms with Crippen LogP contribution in [0.2, 0.25) is 0 Å². The largest absolute Gasteiger partial charge is 0.462 e. The van der Waals surface area contributed by atoms with Gasteiger partial charge in [0.15, 0.2) is 0 Å². The quantitative estimate of drug-likeness (QED) is 0.316. The van der Waals surface area contributed by atoms with Crippen LogP contribution in [-0.4, -0.2) is 33.7 Å². The molecule has 2 atom stereocenters. The third-order valence-electron chi connectivity index (χ3n) is 5.39. The lowest BCUT2D eigenvalue weighted by Crippen LogP contribution is -2.23. The monoisotopic (exact) mass is 455 g/mol. The van der Waals surface area contributed by atoms with Gasteiger partial charge in [-0.05, 0) is 50.7 Å². The molecule has 6 nitrogen and oxygen atoms in total. The van der Waals surface area contributed by atoms with Crippen molar-refractivity contribution < 1.29 is 14.3 Å². The summed E-state index contributed by atoms with van der Waals surface area (Å²) in [6, 6.07) is 7.74. The number of thioether (sulfide) groups is 1. The van der Waals surface area contributed by atoms with Crippen LogP contribution in [0, 0.1) is 5.92 Å². The van der Waals surface area contributed by atoms with Gasteiger partial charge in [-0.3, -0.25) is 4.79 Å². The average Bonchev–Trinajstić information content (AvgIpc) is 3.11. The van der Waals surface area contributed by atoms with Crippen molar-refractivity contribution in [1.82, 2.24) is 9.97 Å². The lowest BCUT2D eigenvalue weighted by Gasteiger charge is -2.18. The number of carbonyl (C=O) groups excluding carboxylic acids is 2. The zero-order chi connectivity index (χ0) is 22.0. The zero-order valence-electron chi connectivity index (χ0n) is 17.8. The number of nitrogens with one attached hydrogen (secondary N) is 1. The van der Waals surface area contributed by atoms with Crippen molar-refractivity contribution in [2.24, 2.45) is 5.92 Å². The van der Waals surface area contributed by atoms with E-state index in [1.807, 2.05) is 31.2 Å². The highest BCUT2D eigenvalue weighted by Gasteiger charge is 2.30. The van der Waals surface area contributed by atoms with Crippen LogP contribution in [-0.2, 0) is 22.4 Å². The van der Waals surface area contributed by atoms with E-state index in [9.17, 15) is 9.59 Å². The van der Waals surface area contributed by atoms with Gasteiger partial charge < -0.3 is 10.1 Å². The number of para-hydroxylation sites is 1. The van der Waals surface area contributed by atoms with Crippen LogP contribution in [0.1, 0.15) is 48.0 Å². The number of hydrogen-bond donors (Lipinski definition) is 1. The summed E-state index contributed by atoms with van der Waals surface area (Å²) in [5.74, 6) is 0.0575. The number of amides is 1. The minimum atomic E-state index is -0.397. The van der Waals surface area contributed by atoms with Gasteiger partial charge in [0.05, 0.1) is 22.9 Å². The standard InChI is InChI=1S/C23H25N3O3S2/c1-4-29-23(28)19-16-10-9-13(2)11-18(16)31-22(19)26-20(27)14(3)30-21-15-7-5-6-8-17(15)24-12-25-21/h5-8,12-14H,4,9-11H2,1-3H3,(H,26,27). The minimum absolute atomic E-state index is 0.162. The Balaban J connectivity index is 1.57. The molecule has 0 saturated heterocycles. The number of hydrogen-bond acceptors (Lipinski definition) is 7. The lowest BCUT2D eigenvalue weighted by molar-refractivity contribution is -0.115. The second-order valence-corrected chi connectivity index (χ2v) is 10.2. The molecule has 1 aliphatic rings. The molecule has 8 heteroatoms. The van der Waals surface area contributed by atoms with Gasteiger partial charge in [-0.15, -0.1) is 11.3 Å². The van der Waals surface area contributed by atoms with E-state index in [1.165, 1.54) is 34.3 Å². The first-order valence-electron chi connectivity index (χ1n) is 10.5. The molecule has 1 N–H and O–H groups in total.